The highest BCUT2D eigenvalue weighted by atomic mass is 32.1. The minimum atomic E-state index is 0.847. The van der Waals surface area contributed by atoms with Crippen molar-refractivity contribution in [1.29, 1.82) is 0 Å². The van der Waals surface area contributed by atoms with Crippen LogP contribution >= 0.6 is 11.3 Å². The quantitative estimate of drug-likeness (QED) is 0.181. The largest absolute Gasteiger partial charge is 0.456 e. The summed E-state index contributed by atoms with van der Waals surface area (Å²) in [5, 5.41) is 6.84. The summed E-state index contributed by atoms with van der Waals surface area (Å²) in [4.78, 5) is 2.43. The summed E-state index contributed by atoms with van der Waals surface area (Å²) in [5.41, 5.74) is 11.0. The molecule has 8 aromatic carbocycles. The zero-order chi connectivity index (χ0) is 34.2. The molecule has 11 aromatic rings. The maximum Gasteiger partial charge on any atom is 0.145 e. The zero-order valence-electron chi connectivity index (χ0n) is 27.9. The number of hydrogen-bond acceptors (Lipinski definition) is 4. The van der Waals surface area contributed by atoms with Gasteiger partial charge in [0.05, 0.1) is 22.1 Å². The van der Waals surface area contributed by atoms with Gasteiger partial charge in [-0.3, -0.25) is 0 Å². The lowest BCUT2D eigenvalue weighted by atomic mass is 9.98. The molecule has 0 N–H and O–H groups in total. The molecule has 0 spiro atoms. The molecule has 0 aliphatic carbocycles. The molecule has 4 heteroatoms. The Morgan fingerprint density at radius 2 is 1.02 bits per heavy atom. The van der Waals surface area contributed by atoms with Gasteiger partial charge in [-0.2, -0.15) is 0 Å². The maximum absolute atomic E-state index is 6.80. The number of para-hydroxylation sites is 2. The van der Waals surface area contributed by atoms with Crippen molar-refractivity contribution in [3.8, 4) is 22.3 Å². The molecule has 0 unspecified atom stereocenters. The van der Waals surface area contributed by atoms with E-state index < -0.39 is 0 Å². The molecular formula is C48H29NO2S. The molecule has 0 saturated carbocycles. The molecule has 0 saturated heterocycles. The van der Waals surface area contributed by atoms with E-state index in [-0.39, 0.29) is 0 Å². The minimum absolute atomic E-state index is 0.847. The fraction of sp³-hybridized carbons (Fsp3) is 0. The molecule has 0 fully saturated rings. The summed E-state index contributed by atoms with van der Waals surface area (Å²) < 4.78 is 16.0. The van der Waals surface area contributed by atoms with Gasteiger partial charge >= 0.3 is 0 Å². The Kier molecular flexibility index (Phi) is 6.42. The van der Waals surface area contributed by atoms with Crippen LogP contribution in [-0.2, 0) is 0 Å². The van der Waals surface area contributed by atoms with E-state index in [4.69, 9.17) is 8.83 Å². The van der Waals surface area contributed by atoms with Crippen LogP contribution in [0.5, 0.6) is 0 Å². The van der Waals surface area contributed by atoms with Crippen LogP contribution in [-0.4, -0.2) is 0 Å². The summed E-state index contributed by atoms with van der Waals surface area (Å²) in [6.45, 7) is 0. The smallest absolute Gasteiger partial charge is 0.145 e. The van der Waals surface area contributed by atoms with Crippen molar-refractivity contribution in [3.63, 3.8) is 0 Å². The van der Waals surface area contributed by atoms with Gasteiger partial charge in [0, 0.05) is 42.2 Å². The number of hydrogen-bond donors (Lipinski definition) is 0. The molecule has 3 heterocycles. The van der Waals surface area contributed by atoms with Gasteiger partial charge in [0.2, 0.25) is 0 Å². The Balaban J connectivity index is 1.29. The maximum atomic E-state index is 6.80. The Bertz CT molecular complexity index is 3130. The van der Waals surface area contributed by atoms with Crippen LogP contribution in [0.2, 0.25) is 0 Å². The first kappa shape index (κ1) is 29.1. The van der Waals surface area contributed by atoms with E-state index in [0.29, 0.717) is 0 Å². The number of furan rings is 2. The second-order valence-electron chi connectivity index (χ2n) is 13.2. The van der Waals surface area contributed by atoms with Gasteiger partial charge in [-0.25, -0.2) is 0 Å². The van der Waals surface area contributed by atoms with Gasteiger partial charge in [0.25, 0.3) is 0 Å². The van der Waals surface area contributed by atoms with Gasteiger partial charge in [-0.05, 0) is 71.3 Å². The average Bonchev–Trinajstić information content (AvgIpc) is 3.90. The second-order valence-corrected chi connectivity index (χ2v) is 14.3. The Morgan fingerprint density at radius 3 is 1.81 bits per heavy atom. The van der Waals surface area contributed by atoms with Crippen molar-refractivity contribution in [1.82, 2.24) is 0 Å². The van der Waals surface area contributed by atoms with Gasteiger partial charge in [-0.15, -0.1) is 11.3 Å². The van der Waals surface area contributed by atoms with Crippen molar-refractivity contribution in [3.05, 3.63) is 176 Å². The van der Waals surface area contributed by atoms with E-state index in [9.17, 15) is 0 Å². The number of thiophene rings is 1. The van der Waals surface area contributed by atoms with E-state index in [1.165, 1.54) is 20.2 Å². The van der Waals surface area contributed by atoms with Crippen molar-refractivity contribution in [2.24, 2.45) is 0 Å². The lowest BCUT2D eigenvalue weighted by Gasteiger charge is -2.28. The molecule has 0 bridgehead atoms. The predicted molar refractivity (Wildman–Crippen MR) is 219 cm³/mol. The van der Waals surface area contributed by atoms with Crippen molar-refractivity contribution < 1.29 is 8.83 Å². The third kappa shape index (κ3) is 4.45. The standard InChI is InChI=1S/C48H29NO2S/c1-3-13-30(14-4-1)32-27-40(46-37-18-7-10-20-41(37)50-43(46)28-32)49(33-23-24-36-35-17-9-12-22-44(35)52-45(36)29-33)39-26-25-34(31-15-5-2-6-16-31)48-47(39)38-19-8-11-21-42(38)51-48/h1-29H. The van der Waals surface area contributed by atoms with E-state index in [1.54, 1.807) is 0 Å². The molecule has 0 atom stereocenters. The Morgan fingerprint density at radius 1 is 0.385 bits per heavy atom. The number of benzene rings is 8. The van der Waals surface area contributed by atoms with Crippen LogP contribution in [0.25, 0.3) is 86.3 Å². The molecular weight excluding hydrogens is 655 g/mol. The van der Waals surface area contributed by atoms with Gasteiger partial charge in [0.1, 0.15) is 22.3 Å². The van der Waals surface area contributed by atoms with Gasteiger partial charge in [0.15, 0.2) is 0 Å². The van der Waals surface area contributed by atoms with Crippen molar-refractivity contribution in [2.45, 2.75) is 0 Å². The summed E-state index contributed by atoms with van der Waals surface area (Å²) in [5.74, 6) is 0. The number of rotatable bonds is 5. The molecule has 52 heavy (non-hydrogen) atoms. The number of anilines is 3. The van der Waals surface area contributed by atoms with Crippen LogP contribution < -0.4 is 4.90 Å². The summed E-state index contributed by atoms with van der Waals surface area (Å²) in [6.07, 6.45) is 0. The fourth-order valence-corrected chi connectivity index (χ4v) is 9.05. The molecule has 0 aliphatic heterocycles. The SMILES string of the molecule is c1ccc(-c2cc(N(c3ccc4c(c3)sc3ccccc34)c3ccc(-c4ccccc4)c4oc5ccccc5c34)c3c(c2)oc2ccccc23)cc1. The topological polar surface area (TPSA) is 29.5 Å². The Labute approximate surface area is 303 Å². The first-order chi connectivity index (χ1) is 25.8. The van der Waals surface area contributed by atoms with E-state index in [1.807, 2.05) is 23.5 Å². The third-order valence-electron chi connectivity index (χ3n) is 10.3. The molecule has 244 valence electrons. The van der Waals surface area contributed by atoms with Crippen LogP contribution in [0.15, 0.2) is 185 Å². The summed E-state index contributed by atoms with van der Waals surface area (Å²) in [7, 11) is 0. The summed E-state index contributed by atoms with van der Waals surface area (Å²) >= 11 is 1.84. The number of fused-ring (bicyclic) bond motifs is 9. The van der Waals surface area contributed by atoms with Crippen LogP contribution in [0.1, 0.15) is 0 Å². The molecule has 11 rings (SSSR count). The normalized spacial score (nSPS) is 11.8. The highest BCUT2D eigenvalue weighted by Gasteiger charge is 2.26. The Hall–Kier alpha value is -6.62. The van der Waals surface area contributed by atoms with Crippen LogP contribution in [0.3, 0.4) is 0 Å². The zero-order valence-corrected chi connectivity index (χ0v) is 28.7. The molecule has 0 radical (unpaired) electrons. The summed E-state index contributed by atoms with van der Waals surface area (Å²) in [6, 6.07) is 62.4. The highest BCUT2D eigenvalue weighted by molar-refractivity contribution is 7.25. The van der Waals surface area contributed by atoms with E-state index >= 15 is 0 Å². The predicted octanol–water partition coefficient (Wildman–Crippen LogP) is 14.7. The van der Waals surface area contributed by atoms with Gasteiger partial charge < -0.3 is 13.7 Å². The van der Waals surface area contributed by atoms with Gasteiger partial charge in [-0.1, -0.05) is 121 Å². The average molecular weight is 684 g/mol. The van der Waals surface area contributed by atoms with E-state index in [2.05, 4.69) is 169 Å². The van der Waals surface area contributed by atoms with Crippen molar-refractivity contribution >= 4 is 92.4 Å². The van der Waals surface area contributed by atoms with Crippen molar-refractivity contribution in [2.75, 3.05) is 4.90 Å². The first-order valence-electron chi connectivity index (χ1n) is 17.5. The number of nitrogens with zero attached hydrogens (tertiary/aromatic N) is 1. The monoisotopic (exact) mass is 683 g/mol. The second kappa shape index (κ2) is 11.5. The molecule has 3 nitrogen and oxygen atoms in total. The van der Waals surface area contributed by atoms with Crippen LogP contribution in [0, 0.1) is 0 Å². The fourth-order valence-electron chi connectivity index (χ4n) is 7.91. The minimum Gasteiger partial charge on any atom is -0.456 e. The lowest BCUT2D eigenvalue weighted by Crippen LogP contribution is -2.11. The highest BCUT2D eigenvalue weighted by Crippen LogP contribution is 2.50. The first-order valence-corrected chi connectivity index (χ1v) is 18.3. The van der Waals surface area contributed by atoms with Crippen LogP contribution in [0.4, 0.5) is 17.1 Å². The lowest BCUT2D eigenvalue weighted by molar-refractivity contribution is 0.669. The van der Waals surface area contributed by atoms with E-state index in [0.717, 1.165) is 83.2 Å². The molecule has 0 aliphatic rings. The third-order valence-corrected chi connectivity index (χ3v) is 11.4. The molecule has 0 amide bonds. The molecule has 3 aromatic heterocycles.